The van der Waals surface area contributed by atoms with Gasteiger partial charge in [-0.3, -0.25) is 0 Å². The van der Waals surface area contributed by atoms with Crippen molar-refractivity contribution in [2.24, 2.45) is 0 Å². The van der Waals surface area contributed by atoms with Crippen molar-refractivity contribution < 1.29 is 9.53 Å². The summed E-state index contributed by atoms with van der Waals surface area (Å²) in [6.07, 6.45) is 4.21. The van der Waals surface area contributed by atoms with Gasteiger partial charge in [0.1, 0.15) is 0 Å². The summed E-state index contributed by atoms with van der Waals surface area (Å²) < 4.78 is 4.69. The molecule has 2 heteroatoms. The molecule has 1 aliphatic carbocycles. The molecule has 0 spiro atoms. The Bertz CT molecular complexity index is 430. The zero-order valence-corrected chi connectivity index (χ0v) is 9.04. The zero-order valence-electron chi connectivity index (χ0n) is 9.04. The molecule has 0 fully saturated rings. The summed E-state index contributed by atoms with van der Waals surface area (Å²) in [5.74, 6) is -0.261. The Morgan fingerprint density at radius 2 is 2.27 bits per heavy atom. The molecule has 78 valence electrons. The largest absolute Gasteiger partial charge is 0.465 e. The SMILES string of the molecule is CCC1=CCc2cc(C(=O)OC)ccc21. The Balaban J connectivity index is 2.36. The Kier molecular flexibility index (Phi) is 2.58. The maximum absolute atomic E-state index is 11.3. The molecule has 0 heterocycles. The Labute approximate surface area is 89.6 Å². The summed E-state index contributed by atoms with van der Waals surface area (Å²) in [4.78, 5) is 11.3. The lowest BCUT2D eigenvalue weighted by Gasteiger charge is -2.05. The van der Waals surface area contributed by atoms with Crippen molar-refractivity contribution in [1.82, 2.24) is 0 Å². The molecule has 1 aromatic rings. The topological polar surface area (TPSA) is 26.3 Å². The molecule has 0 radical (unpaired) electrons. The Morgan fingerprint density at radius 3 is 2.93 bits per heavy atom. The van der Waals surface area contributed by atoms with Crippen LogP contribution >= 0.6 is 0 Å². The Hall–Kier alpha value is -1.57. The van der Waals surface area contributed by atoms with Gasteiger partial charge in [-0.05, 0) is 41.7 Å². The van der Waals surface area contributed by atoms with E-state index in [2.05, 4.69) is 13.0 Å². The van der Waals surface area contributed by atoms with Crippen LogP contribution < -0.4 is 0 Å². The van der Waals surface area contributed by atoms with Crippen LogP contribution in [0.2, 0.25) is 0 Å². The van der Waals surface area contributed by atoms with E-state index < -0.39 is 0 Å². The van der Waals surface area contributed by atoms with E-state index in [1.807, 2.05) is 18.2 Å². The summed E-state index contributed by atoms with van der Waals surface area (Å²) in [5, 5.41) is 0. The molecule has 0 atom stereocenters. The normalized spacial score (nSPS) is 13.3. The van der Waals surface area contributed by atoms with Gasteiger partial charge in [0.05, 0.1) is 12.7 Å². The van der Waals surface area contributed by atoms with Crippen LogP contribution in [0.1, 0.15) is 34.8 Å². The predicted molar refractivity (Wildman–Crippen MR) is 59.8 cm³/mol. The van der Waals surface area contributed by atoms with E-state index >= 15 is 0 Å². The van der Waals surface area contributed by atoms with E-state index in [1.54, 1.807) is 0 Å². The highest BCUT2D eigenvalue weighted by atomic mass is 16.5. The fourth-order valence-corrected chi connectivity index (χ4v) is 2.00. The molecule has 0 amide bonds. The van der Waals surface area contributed by atoms with Crippen LogP contribution in [0.5, 0.6) is 0 Å². The van der Waals surface area contributed by atoms with E-state index in [0.717, 1.165) is 12.8 Å². The van der Waals surface area contributed by atoms with E-state index in [1.165, 1.54) is 23.8 Å². The molecule has 0 saturated carbocycles. The summed E-state index contributed by atoms with van der Waals surface area (Å²) in [6, 6.07) is 5.78. The number of carbonyl (C=O) groups is 1. The second-order valence-electron chi connectivity index (χ2n) is 3.65. The van der Waals surface area contributed by atoms with Gasteiger partial charge in [0.25, 0.3) is 0 Å². The number of ether oxygens (including phenoxy) is 1. The van der Waals surface area contributed by atoms with Crippen molar-refractivity contribution in [3.05, 3.63) is 41.0 Å². The van der Waals surface area contributed by atoms with Gasteiger partial charge in [0, 0.05) is 0 Å². The van der Waals surface area contributed by atoms with Gasteiger partial charge < -0.3 is 4.74 Å². The first kappa shape index (κ1) is 9.97. The summed E-state index contributed by atoms with van der Waals surface area (Å²) in [7, 11) is 1.41. The highest BCUT2D eigenvalue weighted by molar-refractivity contribution is 5.90. The van der Waals surface area contributed by atoms with Crippen molar-refractivity contribution in [1.29, 1.82) is 0 Å². The zero-order chi connectivity index (χ0) is 10.8. The van der Waals surface area contributed by atoms with Crippen molar-refractivity contribution in [2.75, 3.05) is 7.11 Å². The van der Waals surface area contributed by atoms with Gasteiger partial charge in [0.15, 0.2) is 0 Å². The van der Waals surface area contributed by atoms with Crippen molar-refractivity contribution in [2.45, 2.75) is 19.8 Å². The minimum atomic E-state index is -0.261. The third-order valence-electron chi connectivity index (χ3n) is 2.82. The number of hydrogen-bond donors (Lipinski definition) is 0. The second-order valence-corrected chi connectivity index (χ2v) is 3.65. The smallest absolute Gasteiger partial charge is 0.337 e. The van der Waals surface area contributed by atoms with Crippen molar-refractivity contribution in [3.63, 3.8) is 0 Å². The van der Waals surface area contributed by atoms with Crippen LogP contribution in [-0.4, -0.2) is 13.1 Å². The first-order chi connectivity index (χ1) is 7.26. The molecular formula is C13H14O2. The second kappa shape index (κ2) is 3.89. The molecule has 0 saturated heterocycles. The summed E-state index contributed by atoms with van der Waals surface area (Å²) in [6.45, 7) is 2.15. The molecular weight excluding hydrogens is 188 g/mol. The van der Waals surface area contributed by atoms with Crippen molar-refractivity contribution >= 4 is 11.5 Å². The third-order valence-corrected chi connectivity index (χ3v) is 2.82. The molecule has 1 aliphatic rings. The fraction of sp³-hybridized carbons (Fsp3) is 0.308. The lowest BCUT2D eigenvalue weighted by molar-refractivity contribution is 0.0600. The summed E-state index contributed by atoms with van der Waals surface area (Å²) >= 11 is 0. The van der Waals surface area contributed by atoms with Gasteiger partial charge >= 0.3 is 5.97 Å². The lowest BCUT2D eigenvalue weighted by atomic mass is 10.0. The number of esters is 1. The van der Waals surface area contributed by atoms with Gasteiger partial charge in [-0.2, -0.15) is 0 Å². The maximum atomic E-state index is 11.3. The summed E-state index contributed by atoms with van der Waals surface area (Å²) in [5.41, 5.74) is 4.53. The molecule has 0 aromatic heterocycles. The lowest BCUT2D eigenvalue weighted by Crippen LogP contribution is -2.02. The third kappa shape index (κ3) is 1.67. The highest BCUT2D eigenvalue weighted by Crippen LogP contribution is 2.30. The average molecular weight is 202 g/mol. The standard InChI is InChI=1S/C13H14O2/c1-3-9-4-5-10-8-11(13(14)15-2)6-7-12(9)10/h4,6-8H,3,5H2,1-2H3. The fourth-order valence-electron chi connectivity index (χ4n) is 2.00. The average Bonchev–Trinajstić information content (AvgIpc) is 2.69. The minimum absolute atomic E-state index is 0.261. The van der Waals surface area contributed by atoms with Crippen LogP contribution in [0.3, 0.4) is 0 Å². The van der Waals surface area contributed by atoms with Crippen LogP contribution in [0, 0.1) is 0 Å². The van der Waals surface area contributed by atoms with E-state index in [-0.39, 0.29) is 5.97 Å². The van der Waals surface area contributed by atoms with Gasteiger partial charge in [0.2, 0.25) is 0 Å². The maximum Gasteiger partial charge on any atom is 0.337 e. The predicted octanol–water partition coefficient (Wildman–Crippen LogP) is 2.82. The molecule has 2 rings (SSSR count). The quantitative estimate of drug-likeness (QED) is 0.689. The first-order valence-electron chi connectivity index (χ1n) is 5.17. The Morgan fingerprint density at radius 1 is 1.47 bits per heavy atom. The van der Waals surface area contributed by atoms with Crippen LogP contribution in [-0.2, 0) is 11.2 Å². The van der Waals surface area contributed by atoms with Gasteiger partial charge in [-0.1, -0.05) is 19.1 Å². The van der Waals surface area contributed by atoms with E-state index in [0.29, 0.717) is 5.56 Å². The van der Waals surface area contributed by atoms with E-state index in [9.17, 15) is 4.79 Å². The molecule has 0 unspecified atom stereocenters. The monoisotopic (exact) mass is 202 g/mol. The van der Waals surface area contributed by atoms with Crippen LogP contribution in [0.4, 0.5) is 0 Å². The number of methoxy groups -OCH3 is 1. The number of rotatable bonds is 2. The molecule has 1 aromatic carbocycles. The van der Waals surface area contributed by atoms with Crippen molar-refractivity contribution in [3.8, 4) is 0 Å². The number of benzene rings is 1. The number of fused-ring (bicyclic) bond motifs is 1. The molecule has 0 bridgehead atoms. The molecule has 15 heavy (non-hydrogen) atoms. The minimum Gasteiger partial charge on any atom is -0.465 e. The number of allylic oxidation sites excluding steroid dienone is 2. The van der Waals surface area contributed by atoms with E-state index in [4.69, 9.17) is 4.74 Å². The number of carbonyl (C=O) groups excluding carboxylic acids is 1. The molecule has 0 aliphatic heterocycles. The van der Waals surface area contributed by atoms with Crippen LogP contribution in [0.15, 0.2) is 24.3 Å². The van der Waals surface area contributed by atoms with Gasteiger partial charge in [-0.15, -0.1) is 0 Å². The molecule has 0 N–H and O–H groups in total. The van der Waals surface area contributed by atoms with Gasteiger partial charge in [-0.25, -0.2) is 4.79 Å². The van der Waals surface area contributed by atoms with Crippen LogP contribution in [0.25, 0.3) is 5.57 Å². The number of hydrogen-bond acceptors (Lipinski definition) is 2. The highest BCUT2D eigenvalue weighted by Gasteiger charge is 2.15. The molecule has 2 nitrogen and oxygen atoms in total. The first-order valence-corrected chi connectivity index (χ1v) is 5.17.